The Morgan fingerprint density at radius 3 is 1.94 bits per heavy atom. The van der Waals surface area contributed by atoms with Crippen LogP contribution in [0.25, 0.3) is 0 Å². The highest BCUT2D eigenvalue weighted by Gasteiger charge is 1.96. The van der Waals surface area contributed by atoms with Gasteiger partial charge in [-0.2, -0.15) is 0 Å². The molecule has 0 unspecified atom stereocenters. The fraction of sp³-hybridized carbons (Fsp3) is 0.923. The molecule has 0 radical (unpaired) electrons. The van der Waals surface area contributed by atoms with Crippen LogP contribution in [0.1, 0.15) is 64.7 Å². The third kappa shape index (κ3) is 13.2. The van der Waals surface area contributed by atoms with Gasteiger partial charge in [0.15, 0.2) is 0 Å². The van der Waals surface area contributed by atoms with Gasteiger partial charge >= 0.3 is 6.03 Å². The van der Waals surface area contributed by atoms with Crippen molar-refractivity contribution in [1.29, 1.82) is 0 Å². The predicted octanol–water partition coefficient (Wildman–Crippen LogP) is 2.77. The second-order valence-electron chi connectivity index (χ2n) is 4.42. The third-order valence-corrected chi connectivity index (χ3v) is 2.81. The van der Waals surface area contributed by atoms with E-state index >= 15 is 0 Å². The minimum Gasteiger partial charge on any atom is -0.376 e. The number of hydrogen-bond acceptors (Lipinski definition) is 2. The van der Waals surface area contributed by atoms with E-state index in [4.69, 9.17) is 5.11 Å². The van der Waals surface area contributed by atoms with Crippen molar-refractivity contribution in [2.24, 2.45) is 0 Å². The van der Waals surface area contributed by atoms with Gasteiger partial charge in [0.25, 0.3) is 0 Å². The van der Waals surface area contributed by atoms with Crippen LogP contribution in [0.3, 0.4) is 0 Å². The maximum Gasteiger partial charge on any atom is 0.316 e. The zero-order valence-corrected chi connectivity index (χ0v) is 11.1. The van der Waals surface area contributed by atoms with Crippen molar-refractivity contribution >= 4 is 6.03 Å². The van der Waals surface area contributed by atoms with Crippen molar-refractivity contribution in [3.8, 4) is 0 Å². The molecule has 0 aromatic heterocycles. The normalized spacial score (nSPS) is 10.2. The quantitative estimate of drug-likeness (QED) is 0.386. The van der Waals surface area contributed by atoms with E-state index in [2.05, 4.69) is 17.6 Å². The highest BCUT2D eigenvalue weighted by molar-refractivity contribution is 5.73. The first-order chi connectivity index (χ1) is 8.31. The Morgan fingerprint density at radius 2 is 1.41 bits per heavy atom. The molecule has 102 valence electrons. The second kappa shape index (κ2) is 13.3. The van der Waals surface area contributed by atoms with Crippen LogP contribution in [0.15, 0.2) is 0 Å². The average Bonchev–Trinajstić information content (AvgIpc) is 2.32. The maximum absolute atomic E-state index is 10.9. The molecule has 0 spiro atoms. The van der Waals surface area contributed by atoms with Crippen molar-refractivity contribution in [2.75, 3.05) is 13.3 Å². The molecule has 4 heteroatoms. The third-order valence-electron chi connectivity index (χ3n) is 2.81. The summed E-state index contributed by atoms with van der Waals surface area (Å²) in [6.07, 6.45) is 11.5. The van der Waals surface area contributed by atoms with E-state index in [9.17, 15) is 4.79 Å². The zero-order valence-electron chi connectivity index (χ0n) is 11.1. The summed E-state index contributed by atoms with van der Waals surface area (Å²) in [6.45, 7) is 2.63. The molecule has 2 amide bonds. The smallest absolute Gasteiger partial charge is 0.316 e. The van der Waals surface area contributed by atoms with E-state index < -0.39 is 0 Å². The van der Waals surface area contributed by atoms with E-state index in [0.717, 1.165) is 6.42 Å². The number of rotatable bonds is 11. The average molecular weight is 244 g/mol. The fourth-order valence-corrected chi connectivity index (χ4v) is 1.77. The summed E-state index contributed by atoms with van der Waals surface area (Å²) < 4.78 is 0. The summed E-state index contributed by atoms with van der Waals surface area (Å²) >= 11 is 0. The second-order valence-corrected chi connectivity index (χ2v) is 4.42. The summed E-state index contributed by atoms with van der Waals surface area (Å²) in [5, 5.41) is 13.4. The SMILES string of the molecule is CCCCCCCCCCCNC(=O)NCO. The number of hydrogen-bond donors (Lipinski definition) is 3. The largest absolute Gasteiger partial charge is 0.376 e. The molecule has 0 bridgehead atoms. The zero-order chi connectivity index (χ0) is 12.8. The Kier molecular flexibility index (Phi) is 12.7. The Hall–Kier alpha value is -0.770. The number of carbonyl (C=O) groups is 1. The summed E-state index contributed by atoms with van der Waals surface area (Å²) in [6, 6.07) is -0.285. The number of amides is 2. The Balaban J connectivity index is 3.01. The van der Waals surface area contributed by atoms with E-state index in [1.54, 1.807) is 0 Å². The van der Waals surface area contributed by atoms with Gasteiger partial charge in [-0.1, -0.05) is 58.3 Å². The minimum atomic E-state index is -0.302. The standard InChI is InChI=1S/C13H28N2O2/c1-2-3-4-5-6-7-8-9-10-11-14-13(17)15-12-16/h16H,2-12H2,1H3,(H2,14,15,17). The van der Waals surface area contributed by atoms with E-state index in [1.807, 2.05) is 0 Å². The molecular weight excluding hydrogens is 216 g/mol. The first-order valence-corrected chi connectivity index (χ1v) is 6.93. The van der Waals surface area contributed by atoms with Crippen molar-refractivity contribution < 1.29 is 9.90 Å². The topological polar surface area (TPSA) is 61.4 Å². The van der Waals surface area contributed by atoms with Crippen molar-refractivity contribution in [2.45, 2.75) is 64.7 Å². The molecule has 17 heavy (non-hydrogen) atoms. The number of nitrogens with one attached hydrogen (secondary N) is 2. The van der Waals surface area contributed by atoms with Crippen LogP contribution in [0.4, 0.5) is 4.79 Å². The van der Waals surface area contributed by atoms with Gasteiger partial charge in [-0.25, -0.2) is 4.79 Å². The van der Waals surface area contributed by atoms with Gasteiger partial charge in [0.1, 0.15) is 6.73 Å². The van der Waals surface area contributed by atoms with Gasteiger partial charge in [0, 0.05) is 6.54 Å². The van der Waals surface area contributed by atoms with Crippen LogP contribution < -0.4 is 10.6 Å². The number of carbonyl (C=O) groups excluding carboxylic acids is 1. The lowest BCUT2D eigenvalue weighted by Gasteiger charge is -2.05. The van der Waals surface area contributed by atoms with Crippen LogP contribution in [0, 0.1) is 0 Å². The van der Waals surface area contributed by atoms with Crippen molar-refractivity contribution in [3.63, 3.8) is 0 Å². The molecule has 3 N–H and O–H groups in total. The fourth-order valence-electron chi connectivity index (χ4n) is 1.77. The lowest BCUT2D eigenvalue weighted by molar-refractivity contribution is 0.217. The highest BCUT2D eigenvalue weighted by Crippen LogP contribution is 2.09. The predicted molar refractivity (Wildman–Crippen MR) is 70.8 cm³/mol. The molecule has 0 saturated carbocycles. The summed E-state index contributed by atoms with van der Waals surface area (Å²) in [5.41, 5.74) is 0. The van der Waals surface area contributed by atoms with Gasteiger partial charge in [0.2, 0.25) is 0 Å². The van der Waals surface area contributed by atoms with Crippen molar-refractivity contribution in [3.05, 3.63) is 0 Å². The number of aliphatic hydroxyl groups is 1. The minimum absolute atomic E-state index is 0.285. The Morgan fingerprint density at radius 1 is 0.882 bits per heavy atom. The summed E-state index contributed by atoms with van der Waals surface area (Å²) in [5.74, 6) is 0. The Labute approximate surface area is 105 Å². The summed E-state index contributed by atoms with van der Waals surface area (Å²) in [4.78, 5) is 10.9. The molecule has 0 aliphatic carbocycles. The number of unbranched alkanes of at least 4 members (excludes halogenated alkanes) is 8. The van der Waals surface area contributed by atoms with Crippen LogP contribution in [-0.2, 0) is 0 Å². The van der Waals surface area contributed by atoms with Gasteiger partial charge in [-0.05, 0) is 6.42 Å². The molecule has 0 rings (SSSR count). The van der Waals surface area contributed by atoms with Crippen LogP contribution >= 0.6 is 0 Å². The molecule has 0 aliphatic rings. The van der Waals surface area contributed by atoms with Crippen LogP contribution in [-0.4, -0.2) is 24.4 Å². The number of urea groups is 1. The van der Waals surface area contributed by atoms with E-state index in [-0.39, 0.29) is 12.8 Å². The molecule has 0 atom stereocenters. The van der Waals surface area contributed by atoms with Crippen molar-refractivity contribution in [1.82, 2.24) is 10.6 Å². The highest BCUT2D eigenvalue weighted by atomic mass is 16.3. The van der Waals surface area contributed by atoms with Gasteiger partial charge < -0.3 is 15.7 Å². The van der Waals surface area contributed by atoms with Gasteiger partial charge in [0.05, 0.1) is 0 Å². The van der Waals surface area contributed by atoms with E-state index in [1.165, 1.54) is 51.4 Å². The monoisotopic (exact) mass is 244 g/mol. The summed E-state index contributed by atoms with van der Waals surface area (Å²) in [7, 11) is 0. The lowest BCUT2D eigenvalue weighted by Crippen LogP contribution is -2.36. The Bertz CT molecular complexity index is 175. The van der Waals surface area contributed by atoms with Gasteiger partial charge in [-0.3, -0.25) is 0 Å². The lowest BCUT2D eigenvalue weighted by atomic mass is 10.1. The van der Waals surface area contributed by atoms with Crippen LogP contribution in [0.5, 0.6) is 0 Å². The molecule has 0 saturated heterocycles. The molecule has 4 nitrogen and oxygen atoms in total. The van der Waals surface area contributed by atoms with Gasteiger partial charge in [-0.15, -0.1) is 0 Å². The molecule has 0 heterocycles. The first-order valence-electron chi connectivity index (χ1n) is 6.93. The molecule has 0 aromatic carbocycles. The molecule has 0 aliphatic heterocycles. The molecule has 0 aromatic rings. The maximum atomic E-state index is 10.9. The van der Waals surface area contributed by atoms with E-state index in [0.29, 0.717) is 6.54 Å². The molecular formula is C13H28N2O2. The molecule has 0 fully saturated rings. The van der Waals surface area contributed by atoms with Crippen LogP contribution in [0.2, 0.25) is 0 Å². The number of aliphatic hydroxyl groups excluding tert-OH is 1. The first kappa shape index (κ1) is 16.2.